The van der Waals surface area contributed by atoms with Crippen LogP contribution in [-0.2, 0) is 0 Å². The lowest BCUT2D eigenvalue weighted by molar-refractivity contribution is 0.0622. The number of piperidine rings is 1. The van der Waals surface area contributed by atoms with Crippen LogP contribution < -0.4 is 5.32 Å². The molecular weight excluding hydrogens is 220 g/mol. The highest BCUT2D eigenvalue weighted by Gasteiger charge is 2.54. The monoisotopic (exact) mass is 250 g/mol. The standard InChI is InChI=1S/C16H30N2/c1-4-17-15-7-10-18(13(3)12(15)2)11-16(8-9-16)14-5-6-14/h12-15,17H,4-11H2,1-3H3. The van der Waals surface area contributed by atoms with Gasteiger partial charge in [-0.05, 0) is 69.4 Å². The summed E-state index contributed by atoms with van der Waals surface area (Å²) in [5, 5.41) is 3.67. The highest BCUT2D eigenvalue weighted by Crippen LogP contribution is 2.61. The van der Waals surface area contributed by atoms with Crippen LogP contribution in [0.1, 0.15) is 52.9 Å². The molecule has 0 aromatic heterocycles. The van der Waals surface area contributed by atoms with Crippen LogP contribution in [0.2, 0.25) is 0 Å². The van der Waals surface area contributed by atoms with Crippen LogP contribution in [-0.4, -0.2) is 36.6 Å². The van der Waals surface area contributed by atoms with Crippen molar-refractivity contribution in [2.45, 2.75) is 65.0 Å². The minimum Gasteiger partial charge on any atom is -0.314 e. The first-order chi connectivity index (χ1) is 8.66. The fraction of sp³-hybridized carbons (Fsp3) is 1.00. The zero-order valence-electron chi connectivity index (χ0n) is 12.4. The molecule has 0 aromatic carbocycles. The zero-order chi connectivity index (χ0) is 12.8. The van der Waals surface area contributed by atoms with E-state index in [9.17, 15) is 0 Å². The Morgan fingerprint density at radius 2 is 1.89 bits per heavy atom. The molecule has 18 heavy (non-hydrogen) atoms. The Hall–Kier alpha value is -0.0800. The number of nitrogens with one attached hydrogen (secondary N) is 1. The summed E-state index contributed by atoms with van der Waals surface area (Å²) in [7, 11) is 0. The van der Waals surface area contributed by atoms with E-state index in [-0.39, 0.29) is 0 Å². The summed E-state index contributed by atoms with van der Waals surface area (Å²) in [6.07, 6.45) is 7.44. The van der Waals surface area contributed by atoms with Gasteiger partial charge in [0.2, 0.25) is 0 Å². The van der Waals surface area contributed by atoms with Gasteiger partial charge in [-0.2, -0.15) is 0 Å². The number of nitrogens with zero attached hydrogens (tertiary/aromatic N) is 1. The third-order valence-corrected chi connectivity index (χ3v) is 6.02. The quantitative estimate of drug-likeness (QED) is 0.807. The maximum atomic E-state index is 3.67. The van der Waals surface area contributed by atoms with E-state index in [0.29, 0.717) is 0 Å². The van der Waals surface area contributed by atoms with E-state index < -0.39 is 0 Å². The van der Waals surface area contributed by atoms with Crippen molar-refractivity contribution in [2.75, 3.05) is 19.6 Å². The van der Waals surface area contributed by atoms with Crippen LogP contribution in [0, 0.1) is 17.3 Å². The van der Waals surface area contributed by atoms with Gasteiger partial charge in [-0.1, -0.05) is 13.8 Å². The summed E-state index contributed by atoms with van der Waals surface area (Å²) in [6, 6.07) is 1.51. The Balaban J connectivity index is 1.57. The second kappa shape index (κ2) is 4.79. The lowest BCUT2D eigenvalue weighted by Crippen LogP contribution is -2.54. The minimum atomic E-state index is 0.748. The van der Waals surface area contributed by atoms with E-state index in [2.05, 4.69) is 31.0 Å². The molecule has 2 nitrogen and oxygen atoms in total. The minimum absolute atomic E-state index is 0.748. The van der Waals surface area contributed by atoms with E-state index in [1.807, 2.05) is 0 Å². The second-order valence-electron chi connectivity index (χ2n) is 7.16. The topological polar surface area (TPSA) is 15.3 Å². The maximum Gasteiger partial charge on any atom is 0.0120 e. The van der Waals surface area contributed by atoms with Crippen LogP contribution in [0.25, 0.3) is 0 Å². The first-order valence-corrected chi connectivity index (χ1v) is 8.14. The maximum absolute atomic E-state index is 3.67. The molecule has 1 heterocycles. The van der Waals surface area contributed by atoms with Gasteiger partial charge < -0.3 is 5.32 Å². The molecule has 3 fully saturated rings. The van der Waals surface area contributed by atoms with Crippen molar-refractivity contribution in [1.82, 2.24) is 10.2 Å². The summed E-state index contributed by atoms with van der Waals surface area (Å²) in [6.45, 7) is 11.0. The first-order valence-electron chi connectivity index (χ1n) is 8.14. The summed E-state index contributed by atoms with van der Waals surface area (Å²) in [5.41, 5.74) is 0.777. The van der Waals surface area contributed by atoms with Crippen molar-refractivity contribution in [3.63, 3.8) is 0 Å². The zero-order valence-corrected chi connectivity index (χ0v) is 12.4. The molecule has 104 valence electrons. The van der Waals surface area contributed by atoms with Crippen molar-refractivity contribution in [3.8, 4) is 0 Å². The summed E-state index contributed by atoms with van der Waals surface area (Å²) in [4.78, 5) is 2.81. The van der Waals surface area contributed by atoms with Crippen molar-refractivity contribution in [2.24, 2.45) is 17.3 Å². The fourth-order valence-corrected chi connectivity index (χ4v) is 4.17. The van der Waals surface area contributed by atoms with Gasteiger partial charge in [-0.25, -0.2) is 0 Å². The molecule has 1 N–H and O–H groups in total. The van der Waals surface area contributed by atoms with E-state index in [0.717, 1.165) is 35.9 Å². The number of rotatable bonds is 5. The summed E-state index contributed by atoms with van der Waals surface area (Å²) >= 11 is 0. The van der Waals surface area contributed by atoms with Crippen LogP contribution in [0.15, 0.2) is 0 Å². The van der Waals surface area contributed by atoms with Crippen LogP contribution in [0.3, 0.4) is 0 Å². The number of likely N-dealkylation sites (tertiary alicyclic amines) is 1. The van der Waals surface area contributed by atoms with Gasteiger partial charge in [0.1, 0.15) is 0 Å². The average molecular weight is 250 g/mol. The molecule has 0 amide bonds. The van der Waals surface area contributed by atoms with Gasteiger partial charge in [0, 0.05) is 18.6 Å². The van der Waals surface area contributed by atoms with Crippen molar-refractivity contribution in [3.05, 3.63) is 0 Å². The van der Waals surface area contributed by atoms with Gasteiger partial charge >= 0.3 is 0 Å². The van der Waals surface area contributed by atoms with Crippen LogP contribution >= 0.6 is 0 Å². The predicted molar refractivity (Wildman–Crippen MR) is 76.7 cm³/mol. The smallest absolute Gasteiger partial charge is 0.0120 e. The van der Waals surface area contributed by atoms with E-state index >= 15 is 0 Å². The molecule has 0 spiro atoms. The number of hydrogen-bond donors (Lipinski definition) is 1. The predicted octanol–water partition coefficient (Wildman–Crippen LogP) is 2.89. The molecule has 0 bridgehead atoms. The Kier molecular flexibility index (Phi) is 3.44. The normalized spacial score (nSPS) is 39.8. The van der Waals surface area contributed by atoms with Crippen molar-refractivity contribution >= 4 is 0 Å². The molecule has 2 aliphatic carbocycles. The number of hydrogen-bond acceptors (Lipinski definition) is 2. The van der Waals surface area contributed by atoms with E-state index in [1.165, 1.54) is 45.2 Å². The molecule has 2 saturated carbocycles. The van der Waals surface area contributed by atoms with Crippen LogP contribution in [0.4, 0.5) is 0 Å². The highest BCUT2D eigenvalue weighted by atomic mass is 15.2. The SMILES string of the molecule is CCNC1CCN(CC2(C3CC3)CC2)C(C)C1C. The Labute approximate surface area is 113 Å². The van der Waals surface area contributed by atoms with E-state index in [4.69, 9.17) is 0 Å². The molecular formula is C16H30N2. The van der Waals surface area contributed by atoms with Gasteiger partial charge in [0.15, 0.2) is 0 Å². The highest BCUT2D eigenvalue weighted by molar-refractivity contribution is 5.06. The third-order valence-electron chi connectivity index (χ3n) is 6.02. The van der Waals surface area contributed by atoms with Gasteiger partial charge in [-0.3, -0.25) is 4.90 Å². The van der Waals surface area contributed by atoms with Gasteiger partial charge in [0.05, 0.1) is 0 Å². The first kappa shape index (κ1) is 12.9. The Morgan fingerprint density at radius 3 is 2.44 bits per heavy atom. The molecule has 1 aliphatic heterocycles. The molecule has 1 saturated heterocycles. The Bertz CT molecular complexity index is 293. The van der Waals surface area contributed by atoms with Gasteiger partial charge in [0.25, 0.3) is 0 Å². The van der Waals surface area contributed by atoms with Gasteiger partial charge in [-0.15, -0.1) is 0 Å². The molecule has 3 aliphatic rings. The summed E-state index contributed by atoms with van der Waals surface area (Å²) in [5.74, 6) is 1.90. The molecule has 3 atom stereocenters. The Morgan fingerprint density at radius 1 is 1.17 bits per heavy atom. The lowest BCUT2D eigenvalue weighted by Gasteiger charge is -2.44. The molecule has 0 aromatic rings. The van der Waals surface area contributed by atoms with Crippen molar-refractivity contribution < 1.29 is 0 Å². The molecule has 0 radical (unpaired) electrons. The van der Waals surface area contributed by atoms with Crippen molar-refractivity contribution in [1.29, 1.82) is 0 Å². The molecule has 2 heteroatoms. The average Bonchev–Trinajstić information content (AvgIpc) is 3.21. The third kappa shape index (κ3) is 2.34. The largest absolute Gasteiger partial charge is 0.314 e. The van der Waals surface area contributed by atoms with Crippen LogP contribution in [0.5, 0.6) is 0 Å². The molecule has 3 rings (SSSR count). The second-order valence-corrected chi connectivity index (χ2v) is 7.16. The fourth-order valence-electron chi connectivity index (χ4n) is 4.17. The summed E-state index contributed by atoms with van der Waals surface area (Å²) < 4.78 is 0. The lowest BCUT2D eigenvalue weighted by atomic mass is 9.85. The molecule has 3 unspecified atom stereocenters. The van der Waals surface area contributed by atoms with E-state index in [1.54, 1.807) is 0 Å².